The van der Waals surface area contributed by atoms with Gasteiger partial charge >= 0.3 is 14.1 Å². The fourth-order valence-electron chi connectivity index (χ4n) is 6.38. The summed E-state index contributed by atoms with van der Waals surface area (Å²) in [5.74, 6) is -2.94. The molecule has 3 unspecified atom stereocenters. The number of unbranched alkanes of at least 4 members (excludes halogenated alkanes) is 6. The lowest BCUT2D eigenvalue weighted by Gasteiger charge is -2.51. The van der Waals surface area contributed by atoms with Crippen molar-refractivity contribution in [3.63, 3.8) is 0 Å². The summed E-state index contributed by atoms with van der Waals surface area (Å²) < 4.78 is -3.80. The predicted octanol–water partition coefficient (Wildman–Crippen LogP) is 7.93. The molecule has 0 amide bonds. The van der Waals surface area contributed by atoms with Crippen molar-refractivity contribution in [1.29, 1.82) is 0 Å². The second kappa shape index (κ2) is 15.8. The SMILES string of the molecule is CCCCC[C](CC)(C(=O)O)[Al]([C](CC)(CCCCC)C(=O)O)[C](CC)(CCCCC)C(=O)O. The molecule has 0 aliphatic rings. The fourth-order valence-corrected chi connectivity index (χ4v) is 13.0. The minimum Gasteiger partial charge on any atom is -0.482 e. The van der Waals surface area contributed by atoms with E-state index in [4.69, 9.17) is 0 Å². The molecule has 0 saturated carbocycles. The number of hydrogen-bond acceptors (Lipinski definition) is 3. The van der Waals surface area contributed by atoms with Crippen molar-refractivity contribution in [2.75, 3.05) is 0 Å². The number of carbonyl (C=O) groups is 3. The summed E-state index contributed by atoms with van der Waals surface area (Å²) in [4.78, 5) is 39.5. The molecule has 0 radical (unpaired) electrons. The van der Waals surface area contributed by atoms with E-state index in [1.807, 2.05) is 20.8 Å². The highest BCUT2D eigenvalue weighted by Crippen LogP contribution is 2.64. The third-order valence-electron chi connectivity index (χ3n) is 8.51. The Kier molecular flexibility index (Phi) is 15.3. The molecule has 0 aliphatic heterocycles. The molecule has 0 rings (SSSR count). The van der Waals surface area contributed by atoms with E-state index in [2.05, 4.69) is 20.8 Å². The lowest BCUT2D eigenvalue weighted by molar-refractivity contribution is -0.144. The molecular formula is C27H51AlO6. The van der Waals surface area contributed by atoms with E-state index in [1.54, 1.807) is 0 Å². The maximum atomic E-state index is 13.2. The van der Waals surface area contributed by atoms with Crippen LogP contribution in [-0.4, -0.2) is 47.4 Å². The molecule has 0 aromatic carbocycles. The third-order valence-corrected chi connectivity index (χ3v) is 14.7. The smallest absolute Gasteiger partial charge is 0.333 e. The Morgan fingerprint density at radius 1 is 0.500 bits per heavy atom. The molecule has 0 heterocycles. The van der Waals surface area contributed by atoms with Crippen LogP contribution in [0.25, 0.3) is 0 Å². The van der Waals surface area contributed by atoms with E-state index in [-0.39, 0.29) is 19.3 Å². The van der Waals surface area contributed by atoms with Crippen molar-refractivity contribution >= 4 is 32.1 Å². The zero-order chi connectivity index (χ0) is 26.4. The van der Waals surface area contributed by atoms with Gasteiger partial charge in [0.05, 0.1) is 0 Å². The van der Waals surface area contributed by atoms with Crippen LogP contribution in [0.15, 0.2) is 0 Å². The molecule has 7 heteroatoms. The van der Waals surface area contributed by atoms with Gasteiger partial charge in [0.15, 0.2) is 0 Å². The Bertz CT molecular complexity index is 553. The largest absolute Gasteiger partial charge is 0.482 e. The summed E-state index contributed by atoms with van der Waals surface area (Å²) in [5, 5.41) is 32.3. The average Bonchev–Trinajstić information content (AvgIpc) is 2.80. The summed E-state index contributed by atoms with van der Waals surface area (Å²) in [6.45, 7) is 11.7. The van der Waals surface area contributed by atoms with Crippen LogP contribution >= 0.6 is 0 Å². The van der Waals surface area contributed by atoms with Crippen LogP contribution in [0.2, 0.25) is 12.8 Å². The van der Waals surface area contributed by atoms with Crippen LogP contribution < -0.4 is 0 Å². The van der Waals surface area contributed by atoms with Crippen LogP contribution in [0.5, 0.6) is 0 Å². The van der Waals surface area contributed by atoms with Crippen molar-refractivity contribution in [2.24, 2.45) is 0 Å². The number of rotatable bonds is 21. The number of hydrogen-bond donors (Lipinski definition) is 3. The first-order chi connectivity index (χ1) is 16.1. The fraction of sp³-hybridized carbons (Fsp3) is 0.889. The topological polar surface area (TPSA) is 112 Å². The summed E-state index contributed by atoms with van der Waals surface area (Å²) in [5.41, 5.74) is 0. The highest BCUT2D eigenvalue weighted by molar-refractivity contribution is 6.78. The molecule has 0 bridgehead atoms. The molecule has 0 fully saturated rings. The lowest BCUT2D eigenvalue weighted by Crippen LogP contribution is -2.59. The lowest BCUT2D eigenvalue weighted by atomic mass is 9.93. The van der Waals surface area contributed by atoms with Crippen molar-refractivity contribution in [3.8, 4) is 0 Å². The van der Waals surface area contributed by atoms with Crippen molar-refractivity contribution in [1.82, 2.24) is 0 Å². The van der Waals surface area contributed by atoms with E-state index in [0.29, 0.717) is 38.5 Å². The van der Waals surface area contributed by atoms with Crippen LogP contribution in [0.4, 0.5) is 0 Å². The van der Waals surface area contributed by atoms with Crippen molar-refractivity contribution in [3.05, 3.63) is 0 Å². The quantitative estimate of drug-likeness (QED) is 0.109. The summed E-state index contributed by atoms with van der Waals surface area (Å²) in [6, 6.07) is 0. The van der Waals surface area contributed by atoms with Gasteiger partial charge in [0.1, 0.15) is 0 Å². The molecular weight excluding hydrogens is 447 g/mol. The first kappa shape index (κ1) is 32.9. The second-order valence-electron chi connectivity index (χ2n) is 10.2. The standard InChI is InChI=1S/3C9H17O2.Al/c3*1-3-5-6-7-8(4-2)9(10)11;/h3*3-7H2,1-2H3,(H,10,11);. The molecule has 3 N–H and O–H groups in total. The molecule has 6 nitrogen and oxygen atoms in total. The van der Waals surface area contributed by atoms with Gasteiger partial charge in [-0.05, 0) is 19.3 Å². The molecule has 0 aliphatic carbocycles. The van der Waals surface area contributed by atoms with Crippen LogP contribution in [0.1, 0.15) is 138 Å². The summed E-state index contributed by atoms with van der Waals surface area (Å²) in [6.07, 6.45) is 9.38. The van der Waals surface area contributed by atoms with Gasteiger partial charge < -0.3 is 15.3 Å². The van der Waals surface area contributed by atoms with Crippen LogP contribution in [0.3, 0.4) is 0 Å². The molecule has 34 heavy (non-hydrogen) atoms. The Balaban J connectivity index is 7.36. The Hall–Kier alpha value is -1.06. The van der Waals surface area contributed by atoms with E-state index in [1.165, 1.54) is 0 Å². The van der Waals surface area contributed by atoms with Crippen LogP contribution in [-0.2, 0) is 14.4 Å². The second-order valence-corrected chi connectivity index (χ2v) is 14.4. The number of carboxylic acid groups (broad SMARTS) is 3. The van der Waals surface area contributed by atoms with Gasteiger partial charge in [-0.3, -0.25) is 14.4 Å². The average molecular weight is 499 g/mol. The predicted molar refractivity (Wildman–Crippen MR) is 140 cm³/mol. The first-order valence-corrected chi connectivity index (χ1v) is 15.5. The normalized spacial score (nSPS) is 16.8. The molecule has 0 aromatic rings. The van der Waals surface area contributed by atoms with Crippen molar-refractivity contribution in [2.45, 2.75) is 151 Å². The molecule has 0 spiro atoms. The highest BCUT2D eigenvalue weighted by Gasteiger charge is 2.70. The maximum Gasteiger partial charge on any atom is 0.333 e. The molecule has 0 aromatic heterocycles. The molecule has 3 atom stereocenters. The monoisotopic (exact) mass is 498 g/mol. The van der Waals surface area contributed by atoms with E-state index < -0.39 is 44.9 Å². The van der Waals surface area contributed by atoms with E-state index >= 15 is 0 Å². The highest BCUT2D eigenvalue weighted by atomic mass is 27.2. The number of aliphatic carboxylic acids is 3. The Morgan fingerprint density at radius 2 is 0.735 bits per heavy atom. The zero-order valence-corrected chi connectivity index (χ0v) is 23.9. The number of carboxylic acids is 3. The minimum atomic E-state index is -3.09. The molecule has 0 saturated heterocycles. The molecule has 198 valence electrons. The van der Waals surface area contributed by atoms with Gasteiger partial charge in [-0.15, -0.1) is 0 Å². The Labute approximate surface area is 212 Å². The van der Waals surface area contributed by atoms with Crippen LogP contribution in [0, 0.1) is 0 Å². The first-order valence-electron chi connectivity index (χ1n) is 13.8. The van der Waals surface area contributed by atoms with Crippen molar-refractivity contribution < 1.29 is 29.7 Å². The van der Waals surface area contributed by atoms with E-state index in [0.717, 1.165) is 38.5 Å². The van der Waals surface area contributed by atoms with Gasteiger partial charge in [-0.1, -0.05) is 119 Å². The van der Waals surface area contributed by atoms with Gasteiger partial charge in [0.2, 0.25) is 0 Å². The maximum absolute atomic E-state index is 13.2. The van der Waals surface area contributed by atoms with Gasteiger partial charge in [0, 0.05) is 12.8 Å². The summed E-state index contributed by atoms with van der Waals surface area (Å²) >= 11 is -3.09. The summed E-state index contributed by atoms with van der Waals surface area (Å²) in [7, 11) is 0. The van der Waals surface area contributed by atoms with E-state index in [9.17, 15) is 29.7 Å². The van der Waals surface area contributed by atoms with Gasteiger partial charge in [-0.2, -0.15) is 0 Å². The zero-order valence-electron chi connectivity index (χ0n) is 22.8. The van der Waals surface area contributed by atoms with Gasteiger partial charge in [-0.25, -0.2) is 0 Å². The van der Waals surface area contributed by atoms with Gasteiger partial charge in [0.25, 0.3) is 17.9 Å². The Morgan fingerprint density at radius 3 is 0.882 bits per heavy atom. The third kappa shape index (κ3) is 7.23. The minimum absolute atomic E-state index is 0.286.